The normalized spacial score (nSPS) is 20.4. The van der Waals surface area contributed by atoms with Crippen LogP contribution in [0.1, 0.15) is 44.2 Å². The van der Waals surface area contributed by atoms with E-state index in [0.717, 1.165) is 36.3 Å². The molecule has 17 heavy (non-hydrogen) atoms. The predicted octanol–water partition coefficient (Wildman–Crippen LogP) is 3.30. The van der Waals surface area contributed by atoms with E-state index in [1.807, 2.05) is 24.3 Å². The highest BCUT2D eigenvalue weighted by molar-refractivity contribution is 6.31. The topological polar surface area (TPSA) is 32.3 Å². The summed E-state index contributed by atoms with van der Waals surface area (Å²) in [5.74, 6) is 0. The number of nitrogens with one attached hydrogen (secondary N) is 1. The minimum Gasteiger partial charge on any atom is -0.389 e. The number of benzene rings is 1. The third-order valence-electron chi connectivity index (χ3n) is 3.64. The highest BCUT2D eigenvalue weighted by atomic mass is 35.5. The Labute approximate surface area is 108 Å². The van der Waals surface area contributed by atoms with Gasteiger partial charge >= 0.3 is 0 Å². The van der Waals surface area contributed by atoms with Crippen LogP contribution in [0.15, 0.2) is 24.3 Å². The smallest absolute Gasteiger partial charge is 0.0771 e. The Morgan fingerprint density at radius 1 is 1.35 bits per heavy atom. The maximum absolute atomic E-state index is 10.3. The molecule has 1 fully saturated rings. The third kappa shape index (κ3) is 3.21. The number of hydrogen-bond acceptors (Lipinski definition) is 2. The number of rotatable bonds is 4. The zero-order valence-electron chi connectivity index (χ0n) is 10.2. The lowest BCUT2D eigenvalue weighted by Gasteiger charge is -2.25. The summed E-state index contributed by atoms with van der Waals surface area (Å²) in [7, 11) is 0. The van der Waals surface area contributed by atoms with Gasteiger partial charge in [0.05, 0.1) is 5.60 Å². The molecule has 1 saturated carbocycles. The van der Waals surface area contributed by atoms with E-state index in [0.29, 0.717) is 6.54 Å². The maximum atomic E-state index is 10.3. The van der Waals surface area contributed by atoms with Crippen LogP contribution in [0.5, 0.6) is 0 Å². The molecule has 2 nitrogen and oxygen atoms in total. The Morgan fingerprint density at radius 3 is 2.65 bits per heavy atom. The van der Waals surface area contributed by atoms with E-state index in [4.69, 9.17) is 11.6 Å². The Hall–Kier alpha value is -0.570. The molecule has 1 atom stereocenters. The van der Waals surface area contributed by atoms with Crippen LogP contribution in [0.25, 0.3) is 0 Å². The lowest BCUT2D eigenvalue weighted by molar-refractivity contribution is 0.0453. The first kappa shape index (κ1) is 12.9. The maximum Gasteiger partial charge on any atom is 0.0771 e. The van der Waals surface area contributed by atoms with Gasteiger partial charge in [0.15, 0.2) is 0 Å². The fourth-order valence-electron chi connectivity index (χ4n) is 2.49. The van der Waals surface area contributed by atoms with Gasteiger partial charge in [0.1, 0.15) is 0 Å². The summed E-state index contributed by atoms with van der Waals surface area (Å²) in [5, 5.41) is 14.4. The van der Waals surface area contributed by atoms with Gasteiger partial charge < -0.3 is 10.4 Å². The zero-order chi connectivity index (χ0) is 12.3. The molecule has 1 aliphatic carbocycles. The highest BCUT2D eigenvalue weighted by Crippen LogP contribution is 2.30. The predicted molar refractivity (Wildman–Crippen MR) is 71.3 cm³/mol. The fraction of sp³-hybridized carbons (Fsp3) is 0.571. The van der Waals surface area contributed by atoms with E-state index in [-0.39, 0.29) is 6.04 Å². The van der Waals surface area contributed by atoms with Gasteiger partial charge in [-0.25, -0.2) is 0 Å². The molecule has 1 aliphatic rings. The second-order valence-electron chi connectivity index (χ2n) is 5.06. The number of hydrogen-bond donors (Lipinski definition) is 2. The van der Waals surface area contributed by atoms with Crippen LogP contribution in [0.2, 0.25) is 5.02 Å². The lowest BCUT2D eigenvalue weighted by atomic mass is 10.0. The van der Waals surface area contributed by atoms with Crippen LogP contribution in [0.3, 0.4) is 0 Å². The number of halogens is 1. The Morgan fingerprint density at radius 2 is 2.00 bits per heavy atom. The van der Waals surface area contributed by atoms with Gasteiger partial charge in [-0.05, 0) is 31.4 Å². The summed E-state index contributed by atoms with van der Waals surface area (Å²) in [6.45, 7) is 2.74. The second-order valence-corrected chi connectivity index (χ2v) is 5.46. The quantitative estimate of drug-likeness (QED) is 0.863. The minimum atomic E-state index is -0.504. The first-order valence-corrected chi connectivity index (χ1v) is 6.69. The lowest BCUT2D eigenvalue weighted by Crippen LogP contribution is -2.39. The molecule has 0 saturated heterocycles. The fourth-order valence-corrected chi connectivity index (χ4v) is 2.79. The van der Waals surface area contributed by atoms with Crippen molar-refractivity contribution in [2.24, 2.45) is 0 Å². The van der Waals surface area contributed by atoms with Crippen LogP contribution in [-0.2, 0) is 0 Å². The van der Waals surface area contributed by atoms with Gasteiger partial charge in [0.2, 0.25) is 0 Å². The van der Waals surface area contributed by atoms with Gasteiger partial charge in [0.25, 0.3) is 0 Å². The number of aliphatic hydroxyl groups is 1. The molecular formula is C14H20ClNO. The monoisotopic (exact) mass is 253 g/mol. The van der Waals surface area contributed by atoms with Gasteiger partial charge in [-0.15, -0.1) is 0 Å². The zero-order valence-corrected chi connectivity index (χ0v) is 11.0. The van der Waals surface area contributed by atoms with Crippen molar-refractivity contribution >= 4 is 11.6 Å². The molecule has 1 aromatic carbocycles. The Bertz CT molecular complexity index is 374. The van der Waals surface area contributed by atoms with Crippen molar-refractivity contribution in [1.82, 2.24) is 5.32 Å². The van der Waals surface area contributed by atoms with Crippen molar-refractivity contribution in [1.29, 1.82) is 0 Å². The van der Waals surface area contributed by atoms with Crippen molar-refractivity contribution in [3.05, 3.63) is 34.9 Å². The van der Waals surface area contributed by atoms with E-state index < -0.39 is 5.60 Å². The van der Waals surface area contributed by atoms with Crippen LogP contribution < -0.4 is 5.32 Å². The van der Waals surface area contributed by atoms with Gasteiger partial charge in [-0.2, -0.15) is 0 Å². The third-order valence-corrected chi connectivity index (χ3v) is 3.99. The van der Waals surface area contributed by atoms with Gasteiger partial charge in [-0.3, -0.25) is 0 Å². The van der Waals surface area contributed by atoms with E-state index in [9.17, 15) is 5.11 Å². The van der Waals surface area contributed by atoms with E-state index in [2.05, 4.69) is 12.2 Å². The molecule has 0 aromatic heterocycles. The van der Waals surface area contributed by atoms with Crippen molar-refractivity contribution in [2.45, 2.75) is 44.2 Å². The highest BCUT2D eigenvalue weighted by Gasteiger charge is 2.31. The van der Waals surface area contributed by atoms with E-state index in [1.54, 1.807) is 0 Å². The Balaban J connectivity index is 1.93. The van der Waals surface area contributed by atoms with Crippen molar-refractivity contribution in [3.8, 4) is 0 Å². The average molecular weight is 254 g/mol. The molecule has 0 radical (unpaired) electrons. The summed E-state index contributed by atoms with van der Waals surface area (Å²) < 4.78 is 0. The molecule has 94 valence electrons. The first-order valence-electron chi connectivity index (χ1n) is 6.31. The molecule has 2 N–H and O–H groups in total. The molecular weight excluding hydrogens is 234 g/mol. The van der Waals surface area contributed by atoms with Crippen LogP contribution in [-0.4, -0.2) is 17.3 Å². The summed E-state index contributed by atoms with van der Waals surface area (Å²) in [6.07, 6.45) is 4.10. The summed E-state index contributed by atoms with van der Waals surface area (Å²) >= 11 is 6.15. The largest absolute Gasteiger partial charge is 0.389 e. The standard InChI is InChI=1S/C14H20ClNO/c1-11(12-6-2-3-7-13(12)15)16-10-14(17)8-4-5-9-14/h2-3,6-7,11,16-17H,4-5,8-10H2,1H3. The molecule has 1 aromatic rings. The first-order chi connectivity index (χ1) is 8.11. The average Bonchev–Trinajstić information content (AvgIpc) is 2.74. The molecule has 1 unspecified atom stereocenters. The second kappa shape index (κ2) is 5.38. The van der Waals surface area contributed by atoms with Gasteiger partial charge in [-0.1, -0.05) is 42.6 Å². The molecule has 0 amide bonds. The summed E-state index contributed by atoms with van der Waals surface area (Å²) in [5.41, 5.74) is 0.589. The van der Waals surface area contributed by atoms with Crippen LogP contribution >= 0.6 is 11.6 Å². The van der Waals surface area contributed by atoms with Crippen molar-refractivity contribution < 1.29 is 5.11 Å². The summed E-state index contributed by atoms with van der Waals surface area (Å²) in [6, 6.07) is 8.03. The molecule has 0 heterocycles. The SMILES string of the molecule is CC(NCC1(O)CCCC1)c1ccccc1Cl. The summed E-state index contributed by atoms with van der Waals surface area (Å²) in [4.78, 5) is 0. The molecule has 0 aliphatic heterocycles. The molecule has 0 bridgehead atoms. The van der Waals surface area contributed by atoms with E-state index in [1.165, 1.54) is 0 Å². The van der Waals surface area contributed by atoms with Crippen LogP contribution in [0.4, 0.5) is 0 Å². The molecule has 2 rings (SSSR count). The Kier molecular flexibility index (Phi) is 4.08. The molecule has 3 heteroatoms. The van der Waals surface area contributed by atoms with Crippen LogP contribution in [0, 0.1) is 0 Å². The van der Waals surface area contributed by atoms with Crippen molar-refractivity contribution in [3.63, 3.8) is 0 Å². The van der Waals surface area contributed by atoms with E-state index >= 15 is 0 Å². The minimum absolute atomic E-state index is 0.174. The van der Waals surface area contributed by atoms with Gasteiger partial charge in [0, 0.05) is 17.6 Å². The molecule has 0 spiro atoms. The van der Waals surface area contributed by atoms with Crippen molar-refractivity contribution in [2.75, 3.05) is 6.54 Å².